The first-order chi connectivity index (χ1) is 13.3. The summed E-state index contributed by atoms with van der Waals surface area (Å²) >= 11 is 0. The summed E-state index contributed by atoms with van der Waals surface area (Å²) in [5.74, 6) is 0.338. The number of sulfonamides is 1. The molecule has 9 nitrogen and oxygen atoms in total. The summed E-state index contributed by atoms with van der Waals surface area (Å²) in [6.45, 7) is 1.85. The molecule has 0 spiro atoms. The lowest BCUT2D eigenvalue weighted by molar-refractivity contribution is 0.518. The Morgan fingerprint density at radius 3 is 2.57 bits per heavy atom. The van der Waals surface area contributed by atoms with Crippen LogP contribution in [0, 0.1) is 11.3 Å². The summed E-state index contributed by atoms with van der Waals surface area (Å²) in [6, 6.07) is 9.81. The molecule has 2 heterocycles. The maximum absolute atomic E-state index is 12.3. The van der Waals surface area contributed by atoms with E-state index in [1.807, 2.05) is 6.92 Å². The number of nitriles is 1. The quantitative estimate of drug-likeness (QED) is 0.654. The highest BCUT2D eigenvalue weighted by atomic mass is 32.2. The van der Waals surface area contributed by atoms with Crippen LogP contribution < -0.4 is 10.9 Å². The fourth-order valence-corrected chi connectivity index (χ4v) is 3.70. The van der Waals surface area contributed by atoms with Crippen molar-refractivity contribution in [2.75, 3.05) is 19.4 Å². The molecule has 1 atom stereocenters. The Morgan fingerprint density at radius 2 is 1.96 bits per heavy atom. The largest absolute Gasteiger partial charge is 0.338 e. The molecule has 0 bridgehead atoms. The first-order valence-corrected chi connectivity index (χ1v) is 9.96. The van der Waals surface area contributed by atoms with E-state index in [1.165, 1.54) is 32.4 Å². The van der Waals surface area contributed by atoms with E-state index in [4.69, 9.17) is 5.26 Å². The minimum atomic E-state index is -3.52. The van der Waals surface area contributed by atoms with E-state index >= 15 is 0 Å². The number of fused-ring (bicyclic) bond motifs is 1. The third-order valence-electron chi connectivity index (χ3n) is 4.33. The molecule has 0 amide bonds. The van der Waals surface area contributed by atoms with E-state index in [9.17, 15) is 13.2 Å². The summed E-state index contributed by atoms with van der Waals surface area (Å²) in [5.41, 5.74) is 0.892. The van der Waals surface area contributed by atoms with Gasteiger partial charge in [0, 0.05) is 26.0 Å². The molecule has 3 aromatic rings. The van der Waals surface area contributed by atoms with Crippen molar-refractivity contribution in [3.8, 4) is 6.07 Å². The number of aromatic nitrogens is 3. The minimum Gasteiger partial charge on any atom is -0.338 e. The highest BCUT2D eigenvalue weighted by Crippen LogP contribution is 2.27. The van der Waals surface area contributed by atoms with E-state index in [1.54, 1.807) is 22.9 Å². The molecule has 28 heavy (non-hydrogen) atoms. The van der Waals surface area contributed by atoms with E-state index in [2.05, 4.69) is 21.5 Å². The number of hydrogen-bond donors (Lipinski definition) is 2. The van der Waals surface area contributed by atoms with E-state index in [0.717, 1.165) is 4.31 Å². The van der Waals surface area contributed by atoms with Crippen molar-refractivity contribution in [1.29, 1.82) is 5.26 Å². The first kappa shape index (κ1) is 19.6. The second kappa shape index (κ2) is 7.46. The molecule has 1 aromatic carbocycles. The maximum atomic E-state index is 12.3. The molecule has 0 aliphatic heterocycles. The van der Waals surface area contributed by atoms with Crippen molar-refractivity contribution < 1.29 is 8.42 Å². The van der Waals surface area contributed by atoms with Gasteiger partial charge in [-0.2, -0.15) is 10.4 Å². The summed E-state index contributed by atoms with van der Waals surface area (Å²) in [7, 11) is -0.587. The average molecular weight is 400 g/mol. The summed E-state index contributed by atoms with van der Waals surface area (Å²) < 4.78 is 27.1. The van der Waals surface area contributed by atoms with Crippen LogP contribution in [0.3, 0.4) is 0 Å². The molecule has 0 radical (unpaired) electrons. The van der Waals surface area contributed by atoms with Crippen molar-refractivity contribution in [2.24, 2.45) is 0 Å². The molecule has 0 unspecified atom stereocenters. The van der Waals surface area contributed by atoms with Crippen molar-refractivity contribution in [2.45, 2.75) is 24.3 Å². The number of aromatic amines is 1. The molecule has 0 aliphatic rings. The Hall–Kier alpha value is -3.16. The second-order valence-electron chi connectivity index (χ2n) is 6.51. The monoisotopic (exact) mass is 400 g/mol. The van der Waals surface area contributed by atoms with Gasteiger partial charge in [-0.3, -0.25) is 9.48 Å². The predicted octanol–water partition coefficient (Wildman–Crippen LogP) is 2.19. The third-order valence-corrected chi connectivity index (χ3v) is 6.16. The van der Waals surface area contributed by atoms with Crippen LogP contribution in [0.15, 0.2) is 46.2 Å². The number of nitrogens with one attached hydrogen (secondary N) is 2. The van der Waals surface area contributed by atoms with Gasteiger partial charge in [-0.05, 0) is 37.3 Å². The topological polar surface area (TPSA) is 124 Å². The predicted molar refractivity (Wildman–Crippen MR) is 106 cm³/mol. The van der Waals surface area contributed by atoms with Crippen molar-refractivity contribution in [1.82, 2.24) is 19.1 Å². The molecule has 10 heteroatoms. The lowest BCUT2D eigenvalue weighted by Gasteiger charge is -2.12. The van der Waals surface area contributed by atoms with Gasteiger partial charge >= 0.3 is 0 Å². The molecule has 2 N–H and O–H groups in total. The van der Waals surface area contributed by atoms with Gasteiger partial charge in [-0.25, -0.2) is 12.7 Å². The standard InChI is InChI=1S/C18H20N6O3S/c1-12(8-10-19)24-15-9-11-20-18(25)16(15)17(22-24)21-13-4-6-14(7-5-13)28(26,27)23(2)3/h4-7,9,11-12H,8H2,1-3H3,(H,20,25)(H,21,22)/t12-/m0/s1. The molecular formula is C18H20N6O3S. The molecule has 0 aliphatic carbocycles. The zero-order valence-corrected chi connectivity index (χ0v) is 16.5. The van der Waals surface area contributed by atoms with Crippen molar-refractivity contribution >= 4 is 32.4 Å². The molecule has 0 fully saturated rings. The number of benzene rings is 1. The number of anilines is 2. The fraction of sp³-hybridized carbons (Fsp3) is 0.278. The van der Waals surface area contributed by atoms with Crippen LogP contribution in [0.1, 0.15) is 19.4 Å². The number of H-pyrrole nitrogens is 1. The highest BCUT2D eigenvalue weighted by molar-refractivity contribution is 7.89. The number of hydrogen-bond acceptors (Lipinski definition) is 6. The number of pyridine rings is 1. The second-order valence-corrected chi connectivity index (χ2v) is 8.66. The van der Waals surface area contributed by atoms with Crippen LogP contribution >= 0.6 is 0 Å². The number of rotatable bonds is 6. The minimum absolute atomic E-state index is 0.166. The van der Waals surface area contributed by atoms with E-state index < -0.39 is 10.0 Å². The lowest BCUT2D eigenvalue weighted by Crippen LogP contribution is -2.22. The Morgan fingerprint density at radius 1 is 1.29 bits per heavy atom. The lowest BCUT2D eigenvalue weighted by atomic mass is 10.2. The van der Waals surface area contributed by atoms with Crippen LogP contribution in [0.5, 0.6) is 0 Å². The zero-order valence-electron chi connectivity index (χ0n) is 15.7. The number of nitrogens with zero attached hydrogens (tertiary/aromatic N) is 4. The maximum Gasteiger partial charge on any atom is 0.261 e. The summed E-state index contributed by atoms with van der Waals surface area (Å²) in [6.07, 6.45) is 1.78. The zero-order chi connectivity index (χ0) is 20.5. The van der Waals surface area contributed by atoms with Gasteiger partial charge in [0.2, 0.25) is 10.0 Å². The molecule has 0 saturated carbocycles. The van der Waals surface area contributed by atoms with Gasteiger partial charge in [0.15, 0.2) is 5.82 Å². The highest BCUT2D eigenvalue weighted by Gasteiger charge is 2.19. The SMILES string of the molecule is C[C@@H](CC#N)n1nc(Nc2ccc(S(=O)(=O)N(C)C)cc2)c2c(=O)[nH]ccc21. The van der Waals surface area contributed by atoms with E-state index in [-0.39, 0.29) is 22.9 Å². The van der Waals surface area contributed by atoms with Crippen LogP contribution in [0.25, 0.3) is 10.9 Å². The third kappa shape index (κ3) is 3.49. The van der Waals surface area contributed by atoms with Gasteiger partial charge < -0.3 is 10.3 Å². The Bertz CT molecular complexity index is 1200. The van der Waals surface area contributed by atoms with Gasteiger partial charge in [-0.1, -0.05) is 0 Å². The van der Waals surface area contributed by atoms with Gasteiger partial charge in [-0.15, -0.1) is 0 Å². The fourth-order valence-electron chi connectivity index (χ4n) is 2.80. The van der Waals surface area contributed by atoms with Crippen molar-refractivity contribution in [3.63, 3.8) is 0 Å². The van der Waals surface area contributed by atoms with Gasteiger partial charge in [0.1, 0.15) is 5.39 Å². The average Bonchev–Trinajstić information content (AvgIpc) is 3.02. The first-order valence-electron chi connectivity index (χ1n) is 8.52. The van der Waals surface area contributed by atoms with E-state index in [0.29, 0.717) is 22.4 Å². The van der Waals surface area contributed by atoms with Crippen LogP contribution in [-0.2, 0) is 10.0 Å². The Kier molecular flexibility index (Phi) is 5.22. The Labute approximate surface area is 162 Å². The Balaban J connectivity index is 2.01. The summed E-state index contributed by atoms with van der Waals surface area (Å²) in [5, 5.41) is 16.9. The summed E-state index contributed by atoms with van der Waals surface area (Å²) in [4.78, 5) is 15.1. The normalized spacial score (nSPS) is 12.8. The van der Waals surface area contributed by atoms with Crippen LogP contribution in [-0.4, -0.2) is 41.6 Å². The smallest absolute Gasteiger partial charge is 0.261 e. The van der Waals surface area contributed by atoms with Gasteiger partial charge in [0.25, 0.3) is 5.56 Å². The van der Waals surface area contributed by atoms with Crippen molar-refractivity contribution in [3.05, 3.63) is 46.9 Å². The van der Waals surface area contributed by atoms with Crippen LogP contribution in [0.4, 0.5) is 11.5 Å². The molecule has 2 aromatic heterocycles. The molecular weight excluding hydrogens is 380 g/mol. The molecule has 0 saturated heterocycles. The van der Waals surface area contributed by atoms with Gasteiger partial charge in [0.05, 0.1) is 28.9 Å². The molecule has 146 valence electrons. The van der Waals surface area contributed by atoms with Crippen LogP contribution in [0.2, 0.25) is 0 Å². The molecule has 3 rings (SSSR count).